The Morgan fingerprint density at radius 2 is 1.96 bits per heavy atom. The number of carbonyl (C=O) groups excluding carboxylic acids is 1. The fourth-order valence-electron chi connectivity index (χ4n) is 4.23. The smallest absolute Gasteiger partial charge is 0.257 e. The van der Waals surface area contributed by atoms with Gasteiger partial charge in [-0.1, -0.05) is 48.2 Å². The van der Waals surface area contributed by atoms with Gasteiger partial charge in [0.1, 0.15) is 5.82 Å². The maximum absolute atomic E-state index is 14.8. The van der Waals surface area contributed by atoms with Crippen molar-refractivity contribution in [2.45, 2.75) is 30.9 Å². The van der Waals surface area contributed by atoms with Crippen molar-refractivity contribution < 1.29 is 13.9 Å². The fourth-order valence-corrected chi connectivity index (χ4v) is 5.39. The Hall–Kier alpha value is -2.18. The van der Waals surface area contributed by atoms with Crippen molar-refractivity contribution in [1.82, 2.24) is 5.32 Å². The van der Waals surface area contributed by atoms with Crippen molar-refractivity contribution in [3.8, 4) is 0 Å². The predicted molar refractivity (Wildman–Crippen MR) is 110 cm³/mol. The van der Waals surface area contributed by atoms with Crippen LogP contribution in [0.3, 0.4) is 0 Å². The van der Waals surface area contributed by atoms with Gasteiger partial charge in [-0.25, -0.2) is 4.39 Å². The van der Waals surface area contributed by atoms with E-state index in [1.54, 1.807) is 25.3 Å². The van der Waals surface area contributed by atoms with E-state index in [1.165, 1.54) is 17.8 Å². The van der Waals surface area contributed by atoms with Crippen molar-refractivity contribution in [2.75, 3.05) is 12.9 Å². The molecule has 2 aliphatic rings. The first-order valence-electron chi connectivity index (χ1n) is 9.49. The molecule has 1 saturated carbocycles. The molecule has 1 amide bonds. The zero-order valence-corrected chi connectivity index (χ0v) is 16.5. The monoisotopic (exact) mass is 398 g/mol. The minimum atomic E-state index is -0.662. The van der Waals surface area contributed by atoms with Gasteiger partial charge in [-0.3, -0.25) is 9.79 Å². The molecule has 0 unspecified atom stereocenters. The number of carbonyl (C=O) groups is 1. The van der Waals surface area contributed by atoms with Crippen LogP contribution >= 0.6 is 11.8 Å². The van der Waals surface area contributed by atoms with Crippen LogP contribution in [0.5, 0.6) is 0 Å². The first-order chi connectivity index (χ1) is 13.6. The highest BCUT2D eigenvalue weighted by atomic mass is 32.2. The Kier molecular flexibility index (Phi) is 5.51. The molecule has 146 valence electrons. The molecule has 3 atom stereocenters. The van der Waals surface area contributed by atoms with Crippen LogP contribution in [0, 0.1) is 11.7 Å². The quantitative estimate of drug-likeness (QED) is 0.835. The average Bonchev–Trinajstić information content (AvgIpc) is 2.74. The Balaban J connectivity index is 1.68. The highest BCUT2D eigenvalue weighted by Gasteiger charge is 2.48. The van der Waals surface area contributed by atoms with Gasteiger partial charge in [0, 0.05) is 29.9 Å². The van der Waals surface area contributed by atoms with Crippen LogP contribution in [0.15, 0.2) is 59.6 Å². The number of amides is 1. The molecule has 2 aromatic carbocycles. The Morgan fingerprint density at radius 3 is 2.71 bits per heavy atom. The standard InChI is InChI=1S/C22H23FN2O2S/c1-27-17-11-12-22(18-9-5-6-10-19(18)23)16(13-17)14-28-21(25-22)24-20(26)15-7-3-2-4-8-15/h2-10,16-17H,11-14H2,1H3,(H,24,25,26)/t16-,17-,22-/m0/s1. The number of hydrogen-bond acceptors (Lipinski definition) is 4. The summed E-state index contributed by atoms with van der Waals surface area (Å²) in [5.74, 6) is 0.486. The lowest BCUT2D eigenvalue weighted by molar-refractivity contribution is 0.0228. The Bertz CT molecular complexity index is 889. The number of fused-ring (bicyclic) bond motifs is 1. The lowest BCUT2D eigenvalue weighted by atomic mass is 9.68. The number of nitrogens with one attached hydrogen (secondary N) is 1. The van der Waals surface area contributed by atoms with Gasteiger partial charge < -0.3 is 10.1 Å². The molecule has 1 aliphatic carbocycles. The summed E-state index contributed by atoms with van der Waals surface area (Å²) in [6.45, 7) is 0. The lowest BCUT2D eigenvalue weighted by Gasteiger charge is -2.46. The summed E-state index contributed by atoms with van der Waals surface area (Å²) in [7, 11) is 1.73. The summed E-state index contributed by atoms with van der Waals surface area (Å²) in [5, 5.41) is 3.49. The van der Waals surface area contributed by atoms with E-state index in [0.717, 1.165) is 18.6 Å². The van der Waals surface area contributed by atoms with Crippen LogP contribution in [0.1, 0.15) is 35.2 Å². The maximum atomic E-state index is 14.8. The van der Waals surface area contributed by atoms with E-state index in [9.17, 15) is 9.18 Å². The molecule has 0 spiro atoms. The first kappa shape index (κ1) is 19.2. The van der Waals surface area contributed by atoms with Crippen LogP contribution in [-0.4, -0.2) is 30.0 Å². The Labute approximate surface area is 168 Å². The average molecular weight is 399 g/mol. The summed E-state index contributed by atoms with van der Waals surface area (Å²) < 4.78 is 20.4. The van der Waals surface area contributed by atoms with Crippen LogP contribution < -0.4 is 5.32 Å². The number of ether oxygens (including phenoxy) is 1. The van der Waals surface area contributed by atoms with Crippen molar-refractivity contribution in [3.05, 3.63) is 71.5 Å². The molecular weight excluding hydrogens is 375 g/mol. The number of amidine groups is 1. The van der Waals surface area contributed by atoms with E-state index in [4.69, 9.17) is 9.73 Å². The molecule has 1 aliphatic heterocycles. The number of halogens is 1. The molecular formula is C22H23FN2O2S. The molecule has 28 heavy (non-hydrogen) atoms. The minimum absolute atomic E-state index is 0.158. The van der Waals surface area contributed by atoms with E-state index in [2.05, 4.69) is 5.32 Å². The molecule has 0 radical (unpaired) electrons. The van der Waals surface area contributed by atoms with Gasteiger partial charge in [0.05, 0.1) is 11.6 Å². The topological polar surface area (TPSA) is 50.7 Å². The summed E-state index contributed by atoms with van der Waals surface area (Å²) in [6.07, 6.45) is 2.51. The number of thioether (sulfide) groups is 1. The number of nitrogens with zero attached hydrogens (tertiary/aromatic N) is 1. The van der Waals surface area contributed by atoms with Crippen molar-refractivity contribution in [2.24, 2.45) is 10.9 Å². The minimum Gasteiger partial charge on any atom is -0.381 e. The largest absolute Gasteiger partial charge is 0.381 e. The number of rotatable bonds is 3. The predicted octanol–water partition coefficient (Wildman–Crippen LogP) is 4.37. The van der Waals surface area contributed by atoms with E-state index >= 15 is 0 Å². The lowest BCUT2D eigenvalue weighted by Crippen LogP contribution is -2.47. The van der Waals surface area contributed by atoms with Gasteiger partial charge in [0.2, 0.25) is 0 Å². The molecule has 1 N–H and O–H groups in total. The summed E-state index contributed by atoms with van der Waals surface area (Å²) in [5.41, 5.74) is 0.530. The molecule has 1 fully saturated rings. The van der Waals surface area contributed by atoms with E-state index < -0.39 is 5.54 Å². The van der Waals surface area contributed by atoms with E-state index in [-0.39, 0.29) is 23.7 Å². The molecule has 2 aromatic rings. The summed E-state index contributed by atoms with van der Waals surface area (Å²) in [4.78, 5) is 17.5. The molecule has 0 aromatic heterocycles. The molecule has 0 saturated heterocycles. The molecule has 4 rings (SSSR count). The third-order valence-corrected chi connectivity index (χ3v) is 6.76. The third-order valence-electron chi connectivity index (χ3n) is 5.72. The highest BCUT2D eigenvalue weighted by Crippen LogP contribution is 2.50. The first-order valence-corrected chi connectivity index (χ1v) is 10.5. The van der Waals surface area contributed by atoms with Gasteiger partial charge >= 0.3 is 0 Å². The van der Waals surface area contributed by atoms with Gasteiger partial charge in [0.15, 0.2) is 5.17 Å². The van der Waals surface area contributed by atoms with Crippen LogP contribution in [0.4, 0.5) is 4.39 Å². The second-order valence-corrected chi connectivity index (χ2v) is 8.29. The summed E-state index contributed by atoms with van der Waals surface area (Å²) in [6, 6.07) is 15.9. The van der Waals surface area contributed by atoms with Crippen LogP contribution in [0.25, 0.3) is 0 Å². The van der Waals surface area contributed by atoms with Gasteiger partial charge in [0.25, 0.3) is 5.91 Å². The maximum Gasteiger partial charge on any atom is 0.257 e. The number of aliphatic imine (C=N–C) groups is 1. The van der Waals surface area contributed by atoms with E-state index in [0.29, 0.717) is 22.7 Å². The zero-order valence-electron chi connectivity index (χ0n) is 15.7. The molecule has 1 heterocycles. The van der Waals surface area contributed by atoms with Gasteiger partial charge in [-0.2, -0.15) is 0 Å². The SMILES string of the molecule is CO[C@H]1CC[C@]2(c3ccccc3F)N=C(NC(=O)c3ccccc3)SC[C@@H]2C1. The highest BCUT2D eigenvalue weighted by molar-refractivity contribution is 8.13. The van der Waals surface area contributed by atoms with Gasteiger partial charge in [-0.05, 0) is 37.5 Å². The number of benzene rings is 2. The van der Waals surface area contributed by atoms with Crippen LogP contribution in [0.2, 0.25) is 0 Å². The van der Waals surface area contributed by atoms with E-state index in [1.807, 2.05) is 30.3 Å². The Morgan fingerprint density at radius 1 is 1.21 bits per heavy atom. The van der Waals surface area contributed by atoms with Gasteiger partial charge in [-0.15, -0.1) is 0 Å². The van der Waals surface area contributed by atoms with Crippen molar-refractivity contribution >= 4 is 22.8 Å². The zero-order chi connectivity index (χ0) is 19.6. The fraction of sp³-hybridized carbons (Fsp3) is 0.364. The van der Waals surface area contributed by atoms with Crippen LogP contribution in [-0.2, 0) is 10.3 Å². The molecule has 6 heteroatoms. The second kappa shape index (κ2) is 8.05. The van der Waals surface area contributed by atoms with Crippen molar-refractivity contribution in [3.63, 3.8) is 0 Å². The summed E-state index contributed by atoms with van der Waals surface area (Å²) >= 11 is 1.52. The number of hydrogen-bond donors (Lipinski definition) is 1. The second-order valence-electron chi connectivity index (χ2n) is 7.28. The third kappa shape index (κ3) is 3.59. The molecule has 0 bridgehead atoms. The number of methoxy groups -OCH3 is 1. The molecule has 4 nitrogen and oxygen atoms in total. The normalized spacial score (nSPS) is 26.9. The van der Waals surface area contributed by atoms with Crippen molar-refractivity contribution in [1.29, 1.82) is 0 Å².